The highest BCUT2D eigenvalue weighted by Gasteiger charge is 2.07. The lowest BCUT2D eigenvalue weighted by Gasteiger charge is -2.07. The fourth-order valence-corrected chi connectivity index (χ4v) is 1.47. The number of nitrogens with zero attached hydrogens (tertiary/aromatic N) is 3. The molecule has 0 N–H and O–H groups in total. The maximum absolute atomic E-state index is 11.6. The third-order valence-corrected chi connectivity index (χ3v) is 2.24. The fourth-order valence-electron chi connectivity index (χ4n) is 1.47. The first kappa shape index (κ1) is 11.3. The Bertz CT molecular complexity index is 524. The van der Waals surface area contributed by atoms with E-state index in [1.54, 1.807) is 12.3 Å². The van der Waals surface area contributed by atoms with Crippen LogP contribution in [0.2, 0.25) is 0 Å². The average Bonchev–Trinajstić information content (AvgIpc) is 2.96. The molecule has 0 atom stereocenters. The number of rotatable bonds is 4. The Hall–Kier alpha value is -2.17. The van der Waals surface area contributed by atoms with Gasteiger partial charge in [-0.15, -0.1) is 0 Å². The van der Waals surface area contributed by atoms with E-state index in [2.05, 4.69) is 10.1 Å². The van der Waals surface area contributed by atoms with Crippen LogP contribution in [0.4, 0.5) is 0 Å². The summed E-state index contributed by atoms with van der Waals surface area (Å²) < 4.78 is 6.74. The highest BCUT2D eigenvalue weighted by atomic mass is 16.3. The number of allylic oxidation sites excluding steroid dienone is 1. The first-order valence-corrected chi connectivity index (χ1v) is 5.34. The summed E-state index contributed by atoms with van der Waals surface area (Å²) in [6.07, 6.45) is 7.66. The molecule has 2 rings (SSSR count). The predicted octanol–water partition coefficient (Wildman–Crippen LogP) is 2.35. The van der Waals surface area contributed by atoms with Crippen molar-refractivity contribution in [3.63, 3.8) is 0 Å². The highest BCUT2D eigenvalue weighted by molar-refractivity contribution is 6.03. The van der Waals surface area contributed by atoms with Gasteiger partial charge in [0.25, 0.3) is 5.89 Å². The SMILES string of the molecule is CC(C)n1nccc1/C=C/C(=O)c1ncco1. The maximum atomic E-state index is 11.6. The van der Waals surface area contributed by atoms with Gasteiger partial charge in [0.1, 0.15) is 6.26 Å². The molecule has 2 heterocycles. The van der Waals surface area contributed by atoms with Crippen LogP contribution in [0.3, 0.4) is 0 Å². The van der Waals surface area contributed by atoms with E-state index in [1.165, 1.54) is 18.5 Å². The van der Waals surface area contributed by atoms with Crippen molar-refractivity contribution < 1.29 is 9.21 Å². The number of ketones is 1. The molecule has 88 valence electrons. The van der Waals surface area contributed by atoms with Crippen LogP contribution in [0.1, 0.15) is 36.3 Å². The van der Waals surface area contributed by atoms with E-state index in [0.29, 0.717) is 0 Å². The quantitative estimate of drug-likeness (QED) is 0.598. The summed E-state index contributed by atoms with van der Waals surface area (Å²) >= 11 is 0. The van der Waals surface area contributed by atoms with Gasteiger partial charge in [-0.2, -0.15) is 5.10 Å². The molecule has 2 aromatic heterocycles. The van der Waals surface area contributed by atoms with Crippen LogP contribution < -0.4 is 0 Å². The van der Waals surface area contributed by atoms with Gasteiger partial charge in [-0.25, -0.2) is 4.98 Å². The zero-order valence-corrected chi connectivity index (χ0v) is 9.70. The van der Waals surface area contributed by atoms with Gasteiger partial charge in [0.05, 0.1) is 11.9 Å². The Morgan fingerprint density at radius 1 is 1.47 bits per heavy atom. The van der Waals surface area contributed by atoms with Crippen molar-refractivity contribution >= 4 is 11.9 Å². The third-order valence-electron chi connectivity index (χ3n) is 2.24. The molecule has 0 aliphatic heterocycles. The van der Waals surface area contributed by atoms with Gasteiger partial charge in [0.2, 0.25) is 5.78 Å². The van der Waals surface area contributed by atoms with Crippen molar-refractivity contribution in [3.05, 3.63) is 42.4 Å². The molecule has 5 nitrogen and oxygen atoms in total. The van der Waals surface area contributed by atoms with Crippen LogP contribution in [0.25, 0.3) is 6.08 Å². The van der Waals surface area contributed by atoms with Crippen LogP contribution in [0.15, 0.2) is 35.2 Å². The Morgan fingerprint density at radius 3 is 2.94 bits per heavy atom. The molecule has 0 bridgehead atoms. The summed E-state index contributed by atoms with van der Waals surface area (Å²) in [5, 5.41) is 4.17. The minimum atomic E-state index is -0.258. The van der Waals surface area contributed by atoms with E-state index in [4.69, 9.17) is 4.42 Å². The Balaban J connectivity index is 2.15. The maximum Gasteiger partial charge on any atom is 0.267 e. The number of hydrogen-bond donors (Lipinski definition) is 0. The van der Waals surface area contributed by atoms with Crippen molar-refractivity contribution in [2.75, 3.05) is 0 Å². The van der Waals surface area contributed by atoms with E-state index in [-0.39, 0.29) is 17.7 Å². The molecule has 0 spiro atoms. The van der Waals surface area contributed by atoms with Gasteiger partial charge in [-0.3, -0.25) is 9.48 Å². The third kappa shape index (κ3) is 2.50. The van der Waals surface area contributed by atoms with Gasteiger partial charge in [0.15, 0.2) is 0 Å². The zero-order valence-electron chi connectivity index (χ0n) is 9.70. The van der Waals surface area contributed by atoms with Gasteiger partial charge in [-0.1, -0.05) is 0 Å². The number of aromatic nitrogens is 3. The van der Waals surface area contributed by atoms with E-state index in [1.807, 2.05) is 24.6 Å². The first-order valence-electron chi connectivity index (χ1n) is 5.34. The van der Waals surface area contributed by atoms with Gasteiger partial charge in [-0.05, 0) is 32.1 Å². The summed E-state index contributed by atoms with van der Waals surface area (Å²) in [5.74, 6) is -0.164. The lowest BCUT2D eigenvalue weighted by molar-refractivity contribution is 0.101. The number of oxazole rings is 1. The molecule has 0 radical (unpaired) electrons. The van der Waals surface area contributed by atoms with Gasteiger partial charge < -0.3 is 4.42 Å². The monoisotopic (exact) mass is 231 g/mol. The largest absolute Gasteiger partial charge is 0.442 e. The lowest BCUT2D eigenvalue weighted by Crippen LogP contribution is -2.04. The van der Waals surface area contributed by atoms with Crippen LogP contribution in [0.5, 0.6) is 0 Å². The van der Waals surface area contributed by atoms with Crippen LogP contribution >= 0.6 is 0 Å². The van der Waals surface area contributed by atoms with Crippen molar-refractivity contribution in [1.29, 1.82) is 0 Å². The number of carbonyl (C=O) groups is 1. The minimum absolute atomic E-state index is 0.0943. The Kier molecular flexibility index (Phi) is 3.18. The zero-order chi connectivity index (χ0) is 12.3. The molecule has 0 unspecified atom stereocenters. The summed E-state index contributed by atoms with van der Waals surface area (Å²) in [7, 11) is 0. The number of hydrogen-bond acceptors (Lipinski definition) is 4. The van der Waals surface area contributed by atoms with Crippen molar-refractivity contribution in [2.45, 2.75) is 19.9 Å². The molecule has 0 aliphatic rings. The van der Waals surface area contributed by atoms with E-state index in [9.17, 15) is 4.79 Å². The Morgan fingerprint density at radius 2 is 2.29 bits per heavy atom. The molecule has 0 fully saturated rings. The summed E-state index contributed by atoms with van der Waals surface area (Å²) in [5.41, 5.74) is 0.875. The van der Waals surface area contributed by atoms with Crippen molar-refractivity contribution in [2.24, 2.45) is 0 Å². The molecule has 2 aromatic rings. The van der Waals surface area contributed by atoms with E-state index < -0.39 is 0 Å². The fraction of sp³-hybridized carbons (Fsp3) is 0.250. The second-order valence-electron chi connectivity index (χ2n) is 3.83. The van der Waals surface area contributed by atoms with E-state index in [0.717, 1.165) is 5.69 Å². The molecule has 0 aliphatic carbocycles. The summed E-state index contributed by atoms with van der Waals surface area (Å²) in [4.78, 5) is 15.4. The van der Waals surface area contributed by atoms with Gasteiger partial charge >= 0.3 is 0 Å². The van der Waals surface area contributed by atoms with E-state index >= 15 is 0 Å². The predicted molar refractivity (Wildman–Crippen MR) is 62.5 cm³/mol. The molecule has 5 heteroatoms. The van der Waals surface area contributed by atoms with Gasteiger partial charge in [0, 0.05) is 12.2 Å². The first-order chi connectivity index (χ1) is 8.18. The van der Waals surface area contributed by atoms with Crippen LogP contribution in [0, 0.1) is 0 Å². The molecule has 0 aromatic carbocycles. The molecule has 0 saturated carbocycles. The van der Waals surface area contributed by atoms with Crippen LogP contribution in [-0.4, -0.2) is 20.5 Å². The lowest BCUT2D eigenvalue weighted by atomic mass is 10.3. The molecule has 17 heavy (non-hydrogen) atoms. The average molecular weight is 231 g/mol. The van der Waals surface area contributed by atoms with Crippen molar-refractivity contribution in [3.8, 4) is 0 Å². The van der Waals surface area contributed by atoms with Crippen molar-refractivity contribution in [1.82, 2.24) is 14.8 Å². The standard InChI is InChI=1S/C12H13N3O2/c1-9(2)15-10(5-6-14-15)3-4-11(16)12-13-7-8-17-12/h3-9H,1-2H3/b4-3+. The topological polar surface area (TPSA) is 60.9 Å². The smallest absolute Gasteiger partial charge is 0.267 e. The Labute approximate surface area is 98.8 Å². The summed E-state index contributed by atoms with van der Waals surface area (Å²) in [6, 6.07) is 2.10. The van der Waals surface area contributed by atoms with Crippen LogP contribution in [-0.2, 0) is 0 Å². The number of carbonyl (C=O) groups excluding carboxylic acids is 1. The highest BCUT2D eigenvalue weighted by Crippen LogP contribution is 2.10. The summed E-state index contributed by atoms with van der Waals surface area (Å²) in [6.45, 7) is 4.06. The molecular weight excluding hydrogens is 218 g/mol. The molecular formula is C12H13N3O2. The molecule has 0 saturated heterocycles. The minimum Gasteiger partial charge on any atom is -0.442 e. The molecule has 0 amide bonds. The second-order valence-corrected chi connectivity index (χ2v) is 3.83. The second kappa shape index (κ2) is 4.78. The normalized spacial score (nSPS) is 11.5.